The van der Waals surface area contributed by atoms with Gasteiger partial charge in [0, 0.05) is 5.01 Å². The molecule has 0 aromatic heterocycles. The number of rotatable bonds is 2. The van der Waals surface area contributed by atoms with Crippen LogP contribution in [0.4, 0.5) is 0 Å². The van der Waals surface area contributed by atoms with Crippen molar-refractivity contribution in [3.63, 3.8) is 0 Å². The number of carbonyl (C=O) groups excluding carboxylic acids is 2. The van der Waals surface area contributed by atoms with Crippen LogP contribution in [0.3, 0.4) is 0 Å². The van der Waals surface area contributed by atoms with Crippen molar-refractivity contribution in [3.05, 3.63) is 31.0 Å². The van der Waals surface area contributed by atoms with Crippen molar-refractivity contribution >= 4 is 23.4 Å². The lowest BCUT2D eigenvalue weighted by atomic mass is 10.4. The van der Waals surface area contributed by atoms with E-state index in [4.69, 9.17) is 11.6 Å². The smallest absolute Gasteiger partial charge is 0.261 e. The van der Waals surface area contributed by atoms with E-state index in [2.05, 4.69) is 0 Å². The maximum atomic E-state index is 10.9. The van der Waals surface area contributed by atoms with Crippen molar-refractivity contribution in [2.24, 2.45) is 0 Å². The average Bonchev–Trinajstić information content (AvgIpc) is 2.23. The monoisotopic (exact) mass is 221 g/mol. The Kier molecular flexibility index (Phi) is 2.18. The minimum Gasteiger partial charge on any atom is -0.261 e. The van der Waals surface area contributed by atoms with Gasteiger partial charge in [0.2, 0.25) is 0 Å². The normalized spacial score (nSPS) is 16.5. The SMILES string of the molecule is O=C1C(Cl)=C([N+](=O)[O-])C(=O)N1[N+](=O)[O-]. The van der Waals surface area contributed by atoms with Crippen molar-refractivity contribution < 1.29 is 19.5 Å². The van der Waals surface area contributed by atoms with Gasteiger partial charge in [-0.15, -0.1) is 0 Å². The maximum absolute atomic E-state index is 10.9. The quantitative estimate of drug-likeness (QED) is 0.344. The van der Waals surface area contributed by atoms with E-state index in [1.165, 1.54) is 0 Å². The minimum atomic E-state index is -1.64. The van der Waals surface area contributed by atoms with E-state index in [0.29, 0.717) is 0 Å². The van der Waals surface area contributed by atoms with Crippen molar-refractivity contribution in [1.82, 2.24) is 5.01 Å². The van der Waals surface area contributed by atoms with Gasteiger partial charge in [0.25, 0.3) is 0 Å². The maximum Gasteiger partial charge on any atom is 0.395 e. The summed E-state index contributed by atoms with van der Waals surface area (Å²) in [7, 11) is 0. The molecule has 0 unspecified atom stereocenters. The second kappa shape index (κ2) is 3.03. The molecule has 1 heterocycles. The van der Waals surface area contributed by atoms with Gasteiger partial charge in [0.1, 0.15) is 0 Å². The van der Waals surface area contributed by atoms with Crippen LogP contribution in [0, 0.1) is 20.2 Å². The Bertz CT molecular complexity index is 400. The first-order chi connectivity index (χ1) is 6.37. The third-order valence-electron chi connectivity index (χ3n) is 1.33. The van der Waals surface area contributed by atoms with Crippen LogP contribution in [0.2, 0.25) is 0 Å². The number of imide groups is 1. The summed E-state index contributed by atoms with van der Waals surface area (Å²) in [6.45, 7) is 0. The number of amides is 2. The van der Waals surface area contributed by atoms with E-state index < -0.39 is 37.5 Å². The Morgan fingerprint density at radius 1 is 1.14 bits per heavy atom. The highest BCUT2D eigenvalue weighted by atomic mass is 35.5. The summed E-state index contributed by atoms with van der Waals surface area (Å²) in [6.07, 6.45) is 0. The van der Waals surface area contributed by atoms with E-state index in [0.717, 1.165) is 0 Å². The lowest BCUT2D eigenvalue weighted by molar-refractivity contribution is -0.614. The van der Waals surface area contributed by atoms with E-state index >= 15 is 0 Å². The van der Waals surface area contributed by atoms with Crippen molar-refractivity contribution in [2.75, 3.05) is 0 Å². The molecule has 0 spiro atoms. The minimum absolute atomic E-state index is 0.513. The Hall–Kier alpha value is -2.03. The molecule has 14 heavy (non-hydrogen) atoms. The Labute approximate surface area is 79.8 Å². The molecular formula is C4ClN3O6. The summed E-state index contributed by atoms with van der Waals surface area (Å²) in [5.74, 6) is -3.15. The molecule has 0 aromatic rings. The molecule has 0 atom stereocenters. The molecule has 0 saturated heterocycles. The average molecular weight is 222 g/mol. The molecule has 1 aliphatic rings. The molecule has 1 rings (SSSR count). The van der Waals surface area contributed by atoms with Crippen LogP contribution in [0.5, 0.6) is 0 Å². The van der Waals surface area contributed by atoms with Gasteiger partial charge in [-0.25, -0.2) is 10.1 Å². The third-order valence-corrected chi connectivity index (χ3v) is 1.67. The Morgan fingerprint density at radius 2 is 1.64 bits per heavy atom. The van der Waals surface area contributed by atoms with Crippen LogP contribution in [0.25, 0.3) is 0 Å². The van der Waals surface area contributed by atoms with Gasteiger partial charge in [-0.2, -0.15) is 0 Å². The van der Waals surface area contributed by atoms with Crippen LogP contribution in [0.15, 0.2) is 10.7 Å². The molecule has 74 valence electrons. The van der Waals surface area contributed by atoms with Gasteiger partial charge in [-0.05, 0) is 0 Å². The second-order valence-corrected chi connectivity index (χ2v) is 2.46. The highest BCUT2D eigenvalue weighted by molar-refractivity contribution is 6.47. The number of hydrazine groups is 1. The summed E-state index contributed by atoms with van der Waals surface area (Å²) >= 11 is 5.08. The second-order valence-electron chi connectivity index (χ2n) is 2.08. The first-order valence-electron chi connectivity index (χ1n) is 2.95. The number of hydrogen-bond donors (Lipinski definition) is 0. The predicted octanol–water partition coefficient (Wildman–Crippen LogP) is -0.726. The van der Waals surface area contributed by atoms with Gasteiger partial charge in [0.15, 0.2) is 10.1 Å². The lowest BCUT2D eigenvalue weighted by Gasteiger charge is -1.98. The third kappa shape index (κ3) is 1.19. The molecule has 0 aromatic carbocycles. The van der Waals surface area contributed by atoms with Gasteiger partial charge >= 0.3 is 17.5 Å². The predicted molar refractivity (Wildman–Crippen MR) is 38.7 cm³/mol. The molecule has 0 saturated carbocycles. The number of nitrogens with zero attached hydrogens (tertiary/aromatic N) is 3. The molecular weight excluding hydrogens is 222 g/mol. The van der Waals surface area contributed by atoms with Gasteiger partial charge in [-0.1, -0.05) is 11.6 Å². The van der Waals surface area contributed by atoms with Crippen LogP contribution in [-0.2, 0) is 9.59 Å². The number of halogens is 1. The summed E-state index contributed by atoms with van der Waals surface area (Å²) in [5.41, 5.74) is -1.28. The summed E-state index contributed by atoms with van der Waals surface area (Å²) in [5, 5.41) is 17.4. The fourth-order valence-corrected chi connectivity index (χ4v) is 1.02. The fraction of sp³-hybridized carbons (Fsp3) is 0. The zero-order valence-corrected chi connectivity index (χ0v) is 6.93. The highest BCUT2D eigenvalue weighted by Crippen LogP contribution is 2.23. The topological polar surface area (TPSA) is 124 Å². The van der Waals surface area contributed by atoms with Crippen LogP contribution >= 0.6 is 11.6 Å². The van der Waals surface area contributed by atoms with Gasteiger partial charge < -0.3 is 0 Å². The first kappa shape index (κ1) is 10.1. The van der Waals surface area contributed by atoms with E-state index in [9.17, 15) is 29.8 Å². The molecule has 0 radical (unpaired) electrons. The summed E-state index contributed by atoms with van der Waals surface area (Å²) < 4.78 is 0. The van der Waals surface area contributed by atoms with Crippen molar-refractivity contribution in [1.29, 1.82) is 0 Å². The van der Waals surface area contributed by atoms with Crippen LogP contribution < -0.4 is 0 Å². The van der Waals surface area contributed by atoms with Crippen LogP contribution in [-0.4, -0.2) is 26.8 Å². The zero-order chi connectivity index (χ0) is 11.0. The summed E-state index contributed by atoms with van der Waals surface area (Å²) in [4.78, 5) is 40.8. The lowest BCUT2D eigenvalue weighted by Crippen LogP contribution is -2.37. The Morgan fingerprint density at radius 3 is 1.86 bits per heavy atom. The zero-order valence-electron chi connectivity index (χ0n) is 6.17. The molecule has 9 nitrogen and oxygen atoms in total. The molecule has 1 aliphatic heterocycles. The number of carbonyl (C=O) groups is 2. The molecule has 10 heteroatoms. The van der Waals surface area contributed by atoms with Gasteiger partial charge in [-0.3, -0.25) is 19.7 Å². The van der Waals surface area contributed by atoms with E-state index in [-0.39, 0.29) is 0 Å². The highest BCUT2D eigenvalue weighted by Gasteiger charge is 2.53. The molecule has 0 bridgehead atoms. The summed E-state index contributed by atoms with van der Waals surface area (Å²) in [6, 6.07) is 0. The van der Waals surface area contributed by atoms with Crippen LogP contribution in [0.1, 0.15) is 0 Å². The van der Waals surface area contributed by atoms with E-state index in [1.54, 1.807) is 0 Å². The fourth-order valence-electron chi connectivity index (χ4n) is 0.787. The Balaban J connectivity index is 3.24. The van der Waals surface area contributed by atoms with Gasteiger partial charge in [0.05, 0.1) is 4.92 Å². The molecule has 0 aliphatic carbocycles. The molecule has 0 N–H and O–H groups in total. The number of hydrogen-bond acceptors (Lipinski definition) is 6. The standard InChI is InChI=1S/C4ClN3O6/c5-1-2(7(11)12)4(10)6(3(1)9)8(13)14. The molecule has 2 amide bonds. The number of nitro groups is 2. The van der Waals surface area contributed by atoms with Crippen molar-refractivity contribution in [2.45, 2.75) is 0 Å². The first-order valence-corrected chi connectivity index (χ1v) is 3.33. The van der Waals surface area contributed by atoms with Crippen molar-refractivity contribution in [3.8, 4) is 0 Å². The molecule has 0 fully saturated rings. The largest absolute Gasteiger partial charge is 0.395 e. The van der Waals surface area contributed by atoms with E-state index in [1.807, 2.05) is 0 Å².